The molecule has 2 N–H and O–H groups in total. The summed E-state index contributed by atoms with van der Waals surface area (Å²) in [5.74, 6) is 0.480. The smallest absolute Gasteiger partial charge is 0.239 e. The van der Waals surface area contributed by atoms with Crippen LogP contribution in [-0.4, -0.2) is 79.1 Å². The topological polar surface area (TPSA) is 85.8 Å². The zero-order chi connectivity index (χ0) is 31.1. The van der Waals surface area contributed by atoms with Crippen LogP contribution in [0.1, 0.15) is 36.5 Å². The van der Waals surface area contributed by atoms with E-state index in [1.807, 2.05) is 54.3 Å². The fourth-order valence-corrected chi connectivity index (χ4v) is 6.60. The molecular weight excluding hydrogens is 577 g/mol. The van der Waals surface area contributed by atoms with Gasteiger partial charge in [0.05, 0.1) is 24.3 Å². The molecule has 3 aromatic carbocycles. The second-order valence-corrected chi connectivity index (χ2v) is 12.1. The highest BCUT2D eigenvalue weighted by Crippen LogP contribution is 2.30. The van der Waals surface area contributed by atoms with Crippen LogP contribution in [0.3, 0.4) is 0 Å². The van der Waals surface area contributed by atoms with Crippen LogP contribution in [0.4, 0.5) is 4.39 Å². The van der Waals surface area contributed by atoms with Gasteiger partial charge in [0.15, 0.2) is 0 Å². The Morgan fingerprint density at radius 3 is 2.50 bits per heavy atom. The van der Waals surface area contributed by atoms with Crippen molar-refractivity contribution in [2.45, 2.75) is 38.8 Å². The van der Waals surface area contributed by atoms with Gasteiger partial charge in [-0.05, 0) is 92.2 Å². The molecule has 44 heavy (non-hydrogen) atoms. The third-order valence-corrected chi connectivity index (χ3v) is 9.20. The monoisotopic (exact) mass is 617 g/mol. The first-order chi connectivity index (χ1) is 21.4. The van der Waals surface area contributed by atoms with Crippen molar-refractivity contribution in [2.24, 2.45) is 11.7 Å². The standard InChI is InChI=1S/C35H41ClFN5O2/c1-2-44-33-9-5-8-32(37)31(33)24-41-18-20-42(21-19-41)35(43)34(39)25-12-15-40(16-13-25)17-14-26-22-28(36)10-11-30(26)29-7-4-3-6-27(29)23-38/h3-11,22,25,34H,2,12-21,24,39H2,1H3/t34-/m1/s1. The molecule has 1 atom stereocenters. The van der Waals surface area contributed by atoms with Crippen LogP contribution in [-0.2, 0) is 17.8 Å². The Bertz CT molecular complexity index is 1480. The number of amides is 1. The Labute approximate surface area is 264 Å². The number of hydrogen-bond donors (Lipinski definition) is 1. The maximum Gasteiger partial charge on any atom is 0.239 e. The van der Waals surface area contributed by atoms with Gasteiger partial charge in [-0.2, -0.15) is 5.26 Å². The number of nitrogens with zero attached hydrogens (tertiary/aromatic N) is 4. The Balaban J connectivity index is 1.10. The maximum absolute atomic E-state index is 14.5. The number of rotatable bonds is 10. The Hall–Kier alpha value is -3.48. The number of nitrogens with two attached hydrogens (primary N) is 1. The predicted octanol–water partition coefficient (Wildman–Crippen LogP) is 5.34. The summed E-state index contributed by atoms with van der Waals surface area (Å²) >= 11 is 6.36. The highest BCUT2D eigenvalue weighted by Gasteiger charge is 2.33. The summed E-state index contributed by atoms with van der Waals surface area (Å²) in [5, 5.41) is 10.3. The van der Waals surface area contributed by atoms with Gasteiger partial charge in [-0.3, -0.25) is 9.69 Å². The minimum Gasteiger partial charge on any atom is -0.493 e. The molecule has 7 nitrogen and oxygen atoms in total. The van der Waals surface area contributed by atoms with Crippen molar-refractivity contribution in [2.75, 3.05) is 52.4 Å². The summed E-state index contributed by atoms with van der Waals surface area (Å²) in [6.45, 7) is 7.97. The number of carbonyl (C=O) groups is 1. The van der Waals surface area contributed by atoms with Gasteiger partial charge in [0, 0.05) is 49.9 Å². The minimum absolute atomic E-state index is 0.0173. The quantitative estimate of drug-likeness (QED) is 0.330. The van der Waals surface area contributed by atoms with Crippen molar-refractivity contribution < 1.29 is 13.9 Å². The van der Waals surface area contributed by atoms with E-state index in [1.54, 1.807) is 12.1 Å². The second-order valence-electron chi connectivity index (χ2n) is 11.7. The molecule has 2 heterocycles. The third kappa shape index (κ3) is 7.59. The summed E-state index contributed by atoms with van der Waals surface area (Å²) in [5.41, 5.74) is 10.9. The first-order valence-corrected chi connectivity index (χ1v) is 15.9. The predicted molar refractivity (Wildman–Crippen MR) is 172 cm³/mol. The number of likely N-dealkylation sites (tertiary alicyclic amines) is 1. The number of piperidine rings is 1. The summed E-state index contributed by atoms with van der Waals surface area (Å²) < 4.78 is 20.2. The number of nitriles is 1. The molecule has 0 aliphatic carbocycles. The van der Waals surface area contributed by atoms with Gasteiger partial charge in [0.2, 0.25) is 5.91 Å². The fourth-order valence-electron chi connectivity index (χ4n) is 6.41. The molecule has 0 aromatic heterocycles. The lowest BCUT2D eigenvalue weighted by Crippen LogP contribution is -2.55. The molecule has 0 radical (unpaired) electrons. The van der Waals surface area contributed by atoms with E-state index in [0.29, 0.717) is 61.2 Å². The maximum atomic E-state index is 14.5. The fraction of sp³-hybridized carbons (Fsp3) is 0.429. The molecule has 2 aliphatic heterocycles. The van der Waals surface area contributed by atoms with Crippen LogP contribution in [0.2, 0.25) is 5.02 Å². The second kappa shape index (κ2) is 15.0. The van der Waals surface area contributed by atoms with Gasteiger partial charge >= 0.3 is 0 Å². The van der Waals surface area contributed by atoms with Gasteiger partial charge in [-0.15, -0.1) is 0 Å². The Morgan fingerprint density at radius 2 is 1.77 bits per heavy atom. The van der Waals surface area contributed by atoms with Crippen molar-refractivity contribution in [1.82, 2.24) is 14.7 Å². The Kier molecular flexibility index (Phi) is 10.9. The highest BCUT2D eigenvalue weighted by molar-refractivity contribution is 6.30. The lowest BCUT2D eigenvalue weighted by atomic mass is 9.88. The first-order valence-electron chi connectivity index (χ1n) is 15.5. The van der Waals surface area contributed by atoms with Crippen LogP contribution in [0.5, 0.6) is 5.75 Å². The van der Waals surface area contributed by atoms with Crippen LogP contribution in [0.25, 0.3) is 11.1 Å². The van der Waals surface area contributed by atoms with E-state index in [9.17, 15) is 14.4 Å². The van der Waals surface area contributed by atoms with Gasteiger partial charge in [-0.1, -0.05) is 41.9 Å². The van der Waals surface area contributed by atoms with Gasteiger partial charge in [0.1, 0.15) is 11.6 Å². The van der Waals surface area contributed by atoms with Crippen LogP contribution < -0.4 is 10.5 Å². The number of carbonyl (C=O) groups excluding carboxylic acids is 1. The van der Waals surface area contributed by atoms with Crippen LogP contribution in [0.15, 0.2) is 60.7 Å². The number of piperazine rings is 1. The highest BCUT2D eigenvalue weighted by atomic mass is 35.5. The normalized spacial score (nSPS) is 17.3. The molecule has 2 fully saturated rings. The van der Waals surface area contributed by atoms with Crippen molar-refractivity contribution in [3.05, 3.63) is 88.2 Å². The molecular formula is C35H41ClFN5O2. The molecule has 0 unspecified atom stereocenters. The van der Waals surface area contributed by atoms with Crippen molar-refractivity contribution in [3.8, 4) is 22.9 Å². The Morgan fingerprint density at radius 1 is 1.02 bits per heavy atom. The van der Waals surface area contributed by atoms with Gasteiger partial charge < -0.3 is 20.3 Å². The largest absolute Gasteiger partial charge is 0.493 e. The van der Waals surface area contributed by atoms with E-state index in [0.717, 1.165) is 55.6 Å². The average molecular weight is 618 g/mol. The number of halogens is 2. The zero-order valence-electron chi connectivity index (χ0n) is 25.4. The van der Waals surface area contributed by atoms with Crippen LogP contribution >= 0.6 is 11.6 Å². The SMILES string of the molecule is CCOc1cccc(F)c1CN1CCN(C(=O)[C@H](N)C2CCN(CCc3cc(Cl)ccc3-c3ccccc3C#N)CC2)CC1. The van der Waals surface area contributed by atoms with Gasteiger partial charge in [0.25, 0.3) is 0 Å². The zero-order valence-corrected chi connectivity index (χ0v) is 26.1. The van der Waals surface area contributed by atoms with E-state index in [2.05, 4.69) is 15.9 Å². The summed E-state index contributed by atoms with van der Waals surface area (Å²) in [7, 11) is 0. The molecule has 1 amide bonds. The van der Waals surface area contributed by atoms with Gasteiger partial charge in [-0.25, -0.2) is 4.39 Å². The number of hydrogen-bond acceptors (Lipinski definition) is 6. The summed E-state index contributed by atoms with van der Waals surface area (Å²) in [6, 6.07) is 20.3. The van der Waals surface area contributed by atoms with E-state index >= 15 is 0 Å². The minimum atomic E-state index is -0.512. The van der Waals surface area contributed by atoms with E-state index < -0.39 is 6.04 Å². The summed E-state index contributed by atoms with van der Waals surface area (Å²) in [6.07, 6.45) is 2.56. The molecule has 3 aromatic rings. The summed E-state index contributed by atoms with van der Waals surface area (Å²) in [4.78, 5) is 19.8. The van der Waals surface area contributed by atoms with Crippen molar-refractivity contribution >= 4 is 17.5 Å². The number of ether oxygens (including phenoxy) is 1. The molecule has 0 saturated carbocycles. The molecule has 2 saturated heterocycles. The first kappa shape index (κ1) is 31.9. The molecule has 0 bridgehead atoms. The number of benzene rings is 3. The van der Waals surface area contributed by atoms with Crippen molar-refractivity contribution in [3.63, 3.8) is 0 Å². The lowest BCUT2D eigenvalue weighted by Gasteiger charge is -2.39. The average Bonchev–Trinajstić information content (AvgIpc) is 3.05. The molecule has 9 heteroatoms. The molecule has 0 spiro atoms. The van der Waals surface area contributed by atoms with Crippen molar-refractivity contribution in [1.29, 1.82) is 5.26 Å². The van der Waals surface area contributed by atoms with Crippen LogP contribution in [0, 0.1) is 23.1 Å². The van der Waals surface area contributed by atoms with E-state index in [-0.39, 0.29) is 17.6 Å². The third-order valence-electron chi connectivity index (χ3n) is 8.97. The lowest BCUT2D eigenvalue weighted by molar-refractivity contribution is -0.136. The van der Waals surface area contributed by atoms with E-state index in [1.165, 1.54) is 6.07 Å². The van der Waals surface area contributed by atoms with E-state index in [4.69, 9.17) is 22.1 Å². The molecule has 5 rings (SSSR count). The molecule has 2 aliphatic rings. The molecule has 232 valence electrons.